The number of halogens is 1. The van der Waals surface area contributed by atoms with Crippen molar-refractivity contribution < 1.29 is 0 Å². The summed E-state index contributed by atoms with van der Waals surface area (Å²) in [4.78, 5) is 6.67. The molecule has 0 amide bonds. The minimum absolute atomic E-state index is 0.623. The molecule has 0 unspecified atom stereocenters. The van der Waals surface area contributed by atoms with E-state index in [-0.39, 0.29) is 0 Å². The van der Waals surface area contributed by atoms with Crippen LogP contribution in [0.25, 0.3) is 0 Å². The third-order valence-corrected chi connectivity index (χ3v) is 4.38. The zero-order chi connectivity index (χ0) is 11.4. The minimum atomic E-state index is 0.623. The molecular weight excluding hydrogens is 242 g/mol. The van der Waals surface area contributed by atoms with Crippen molar-refractivity contribution in [2.75, 3.05) is 31.6 Å². The van der Waals surface area contributed by atoms with Gasteiger partial charge in [0, 0.05) is 18.5 Å². The van der Waals surface area contributed by atoms with Crippen molar-refractivity contribution in [2.45, 2.75) is 19.3 Å². The molecule has 0 atom stereocenters. The van der Waals surface area contributed by atoms with Gasteiger partial charge in [0.1, 0.15) is 5.15 Å². The molecular formula is C11H18ClN3S. The van der Waals surface area contributed by atoms with Gasteiger partial charge in [-0.1, -0.05) is 11.6 Å². The van der Waals surface area contributed by atoms with Gasteiger partial charge < -0.3 is 10.2 Å². The number of hydrogen-bond acceptors (Lipinski definition) is 4. The molecule has 90 valence electrons. The van der Waals surface area contributed by atoms with Crippen LogP contribution in [0, 0.1) is 5.92 Å². The molecule has 1 aromatic rings. The molecule has 1 aliphatic rings. The van der Waals surface area contributed by atoms with Crippen molar-refractivity contribution >= 4 is 28.1 Å². The molecule has 0 radical (unpaired) electrons. The van der Waals surface area contributed by atoms with Gasteiger partial charge in [0.05, 0.1) is 0 Å². The van der Waals surface area contributed by atoms with Crippen molar-refractivity contribution in [1.29, 1.82) is 0 Å². The maximum Gasteiger partial charge on any atom is 0.186 e. The number of aromatic nitrogens is 1. The first-order valence-electron chi connectivity index (χ1n) is 5.80. The lowest BCUT2D eigenvalue weighted by Crippen LogP contribution is -2.34. The molecule has 0 saturated carbocycles. The molecule has 0 aromatic carbocycles. The molecule has 3 nitrogen and oxygen atoms in total. The fourth-order valence-corrected chi connectivity index (χ4v) is 3.15. The van der Waals surface area contributed by atoms with Crippen LogP contribution < -0.4 is 10.2 Å². The van der Waals surface area contributed by atoms with Crippen LogP contribution >= 0.6 is 22.9 Å². The summed E-state index contributed by atoms with van der Waals surface area (Å²) in [7, 11) is 2.02. The van der Waals surface area contributed by atoms with Crippen LogP contribution in [0.15, 0.2) is 5.38 Å². The molecule has 1 aliphatic heterocycles. The van der Waals surface area contributed by atoms with Gasteiger partial charge in [-0.25, -0.2) is 4.98 Å². The highest BCUT2D eigenvalue weighted by Crippen LogP contribution is 2.28. The monoisotopic (exact) mass is 259 g/mol. The Bertz CT molecular complexity index is 321. The topological polar surface area (TPSA) is 28.2 Å². The smallest absolute Gasteiger partial charge is 0.186 e. The van der Waals surface area contributed by atoms with Gasteiger partial charge in [0.25, 0.3) is 0 Å². The number of hydrogen-bond donors (Lipinski definition) is 1. The molecule has 2 heterocycles. The average Bonchev–Trinajstić information content (AvgIpc) is 2.74. The summed E-state index contributed by atoms with van der Waals surface area (Å²) in [5, 5.41) is 6.83. The lowest BCUT2D eigenvalue weighted by atomic mass is 9.94. The highest BCUT2D eigenvalue weighted by Gasteiger charge is 2.20. The molecule has 2 rings (SSSR count). The molecule has 16 heavy (non-hydrogen) atoms. The van der Waals surface area contributed by atoms with Gasteiger partial charge in [-0.2, -0.15) is 0 Å². The molecule has 0 spiro atoms. The van der Waals surface area contributed by atoms with Crippen molar-refractivity contribution in [3.05, 3.63) is 10.5 Å². The highest BCUT2D eigenvalue weighted by atomic mass is 35.5. The standard InChI is InChI=1S/C11H18ClN3S/c1-13-5-2-9-3-6-15(7-4-9)11-14-10(12)8-16-11/h8-9,13H,2-7H2,1H3. The first-order chi connectivity index (χ1) is 7.79. The summed E-state index contributed by atoms with van der Waals surface area (Å²) in [6.45, 7) is 3.38. The Hall–Kier alpha value is -0.320. The van der Waals surface area contributed by atoms with Crippen LogP contribution in [0.1, 0.15) is 19.3 Å². The van der Waals surface area contributed by atoms with Crippen molar-refractivity contribution in [2.24, 2.45) is 5.92 Å². The SMILES string of the molecule is CNCCC1CCN(c2nc(Cl)cs2)CC1. The molecule has 1 fully saturated rings. The van der Waals surface area contributed by atoms with Crippen LogP contribution in [0.4, 0.5) is 5.13 Å². The van der Waals surface area contributed by atoms with E-state index in [1.165, 1.54) is 19.3 Å². The molecule has 5 heteroatoms. The van der Waals surface area contributed by atoms with Gasteiger partial charge in [-0.15, -0.1) is 11.3 Å². The molecule has 0 bridgehead atoms. The Morgan fingerprint density at radius 2 is 2.31 bits per heavy atom. The van der Waals surface area contributed by atoms with Crippen LogP contribution in [0.2, 0.25) is 5.15 Å². The summed E-state index contributed by atoms with van der Waals surface area (Å²) >= 11 is 7.49. The number of thiazole rings is 1. The van der Waals surface area contributed by atoms with Crippen molar-refractivity contribution in [3.8, 4) is 0 Å². The van der Waals surface area contributed by atoms with Crippen molar-refractivity contribution in [1.82, 2.24) is 10.3 Å². The summed E-state index contributed by atoms with van der Waals surface area (Å²) < 4.78 is 0. The van der Waals surface area contributed by atoms with E-state index in [1.54, 1.807) is 11.3 Å². The van der Waals surface area contributed by atoms with E-state index in [2.05, 4.69) is 15.2 Å². The summed E-state index contributed by atoms with van der Waals surface area (Å²) in [5.41, 5.74) is 0. The third-order valence-electron chi connectivity index (χ3n) is 3.15. The van der Waals surface area contributed by atoms with Gasteiger partial charge in [-0.3, -0.25) is 0 Å². The number of nitrogens with one attached hydrogen (secondary N) is 1. The second-order valence-corrected chi connectivity index (χ2v) is 5.50. The van der Waals surface area contributed by atoms with Crippen LogP contribution in [-0.2, 0) is 0 Å². The van der Waals surface area contributed by atoms with Crippen LogP contribution in [-0.4, -0.2) is 31.7 Å². The first kappa shape index (κ1) is 12.1. The summed E-state index contributed by atoms with van der Waals surface area (Å²) in [5.74, 6) is 0.874. The largest absolute Gasteiger partial charge is 0.348 e. The predicted molar refractivity (Wildman–Crippen MR) is 70.6 cm³/mol. The Kier molecular flexibility index (Phi) is 4.44. The second kappa shape index (κ2) is 5.84. The number of piperidine rings is 1. The van der Waals surface area contributed by atoms with E-state index in [9.17, 15) is 0 Å². The zero-order valence-electron chi connectivity index (χ0n) is 9.58. The Morgan fingerprint density at radius 1 is 1.56 bits per heavy atom. The summed E-state index contributed by atoms with van der Waals surface area (Å²) in [6, 6.07) is 0. The molecule has 1 N–H and O–H groups in total. The molecule has 0 aliphatic carbocycles. The molecule has 1 saturated heterocycles. The summed E-state index contributed by atoms with van der Waals surface area (Å²) in [6.07, 6.45) is 3.85. The lowest BCUT2D eigenvalue weighted by molar-refractivity contribution is 0.378. The Morgan fingerprint density at radius 3 is 2.88 bits per heavy atom. The Balaban J connectivity index is 1.81. The Labute approximate surface area is 106 Å². The van der Waals surface area contributed by atoms with E-state index in [4.69, 9.17) is 11.6 Å². The van der Waals surface area contributed by atoms with Crippen LogP contribution in [0.3, 0.4) is 0 Å². The zero-order valence-corrected chi connectivity index (χ0v) is 11.2. The lowest BCUT2D eigenvalue weighted by Gasteiger charge is -2.31. The first-order valence-corrected chi connectivity index (χ1v) is 7.06. The van der Waals surface area contributed by atoms with Gasteiger partial charge >= 0.3 is 0 Å². The van der Waals surface area contributed by atoms with E-state index < -0.39 is 0 Å². The van der Waals surface area contributed by atoms with E-state index in [1.807, 2.05) is 12.4 Å². The third kappa shape index (κ3) is 3.09. The number of rotatable bonds is 4. The number of anilines is 1. The van der Waals surface area contributed by atoms with Gasteiger partial charge in [0.15, 0.2) is 5.13 Å². The quantitative estimate of drug-likeness (QED) is 0.901. The number of nitrogens with zero attached hydrogens (tertiary/aromatic N) is 2. The second-order valence-electron chi connectivity index (χ2n) is 4.28. The normalized spacial score (nSPS) is 18.0. The highest BCUT2D eigenvalue weighted by molar-refractivity contribution is 7.14. The predicted octanol–water partition coefficient (Wildman–Crippen LogP) is 2.62. The van der Waals surface area contributed by atoms with E-state index in [0.717, 1.165) is 30.7 Å². The fraction of sp³-hybridized carbons (Fsp3) is 0.727. The van der Waals surface area contributed by atoms with E-state index >= 15 is 0 Å². The fourth-order valence-electron chi connectivity index (χ4n) is 2.15. The molecule has 1 aromatic heterocycles. The van der Waals surface area contributed by atoms with E-state index in [0.29, 0.717) is 5.15 Å². The van der Waals surface area contributed by atoms with Crippen molar-refractivity contribution in [3.63, 3.8) is 0 Å². The van der Waals surface area contributed by atoms with Crippen LogP contribution in [0.5, 0.6) is 0 Å². The maximum absolute atomic E-state index is 5.84. The maximum atomic E-state index is 5.84. The average molecular weight is 260 g/mol. The van der Waals surface area contributed by atoms with Gasteiger partial charge in [-0.05, 0) is 38.8 Å². The minimum Gasteiger partial charge on any atom is -0.348 e. The van der Waals surface area contributed by atoms with Gasteiger partial charge in [0.2, 0.25) is 0 Å².